The summed E-state index contributed by atoms with van der Waals surface area (Å²) in [7, 11) is 2.91. The van der Waals surface area contributed by atoms with Crippen LogP contribution in [0.25, 0.3) is 11.4 Å². The Kier molecular flexibility index (Phi) is 7.61. The lowest BCUT2D eigenvalue weighted by molar-refractivity contribution is -0.141. The Labute approximate surface area is 209 Å². The highest BCUT2D eigenvalue weighted by Gasteiger charge is 2.37. The van der Waals surface area contributed by atoms with Crippen molar-refractivity contribution in [3.05, 3.63) is 59.9 Å². The summed E-state index contributed by atoms with van der Waals surface area (Å²) >= 11 is 0. The Morgan fingerprint density at radius 3 is 2.67 bits per heavy atom. The first kappa shape index (κ1) is 24.9. The van der Waals surface area contributed by atoms with Crippen LogP contribution in [0.4, 0.5) is 5.69 Å². The summed E-state index contributed by atoms with van der Waals surface area (Å²) in [6.07, 6.45) is 3.21. The molecule has 0 unspecified atom stereocenters. The van der Waals surface area contributed by atoms with Crippen molar-refractivity contribution in [1.82, 2.24) is 20.1 Å². The fraction of sp³-hybridized carbons (Fsp3) is 0.346. The summed E-state index contributed by atoms with van der Waals surface area (Å²) in [5.74, 6) is -0.151. The number of hydrogen-bond acceptors (Lipinski definition) is 8. The Morgan fingerprint density at radius 1 is 1.19 bits per heavy atom. The largest absolute Gasteiger partial charge is 0.495 e. The zero-order chi connectivity index (χ0) is 25.5. The third-order valence-corrected chi connectivity index (χ3v) is 6.54. The van der Waals surface area contributed by atoms with Crippen LogP contribution in [0.15, 0.2) is 48.7 Å². The highest BCUT2D eigenvalue weighted by molar-refractivity contribution is 6.04. The minimum atomic E-state index is -0.669. The van der Waals surface area contributed by atoms with Gasteiger partial charge in [0.1, 0.15) is 11.4 Å². The molecule has 2 N–H and O–H groups in total. The first-order valence-corrected chi connectivity index (χ1v) is 11.6. The molecule has 1 aliphatic rings. The molecule has 1 aromatic carbocycles. The number of amides is 1. The number of ether oxygens (including phenoxy) is 2. The van der Waals surface area contributed by atoms with Crippen LogP contribution in [0, 0.1) is 11.3 Å². The van der Waals surface area contributed by atoms with Gasteiger partial charge in [-0.25, -0.2) is 4.98 Å². The monoisotopic (exact) mass is 488 g/mol. The normalized spacial score (nSPS) is 15.0. The van der Waals surface area contributed by atoms with Crippen molar-refractivity contribution < 1.29 is 19.1 Å². The van der Waals surface area contributed by atoms with Crippen molar-refractivity contribution in [3.8, 4) is 23.2 Å². The van der Waals surface area contributed by atoms with E-state index in [0.717, 1.165) is 5.56 Å². The molecule has 0 bridgehead atoms. The third kappa shape index (κ3) is 5.37. The molecule has 3 aromatic rings. The molecule has 1 amide bonds. The number of piperidine rings is 1. The second kappa shape index (κ2) is 11.0. The van der Waals surface area contributed by atoms with Crippen LogP contribution in [0.2, 0.25) is 0 Å². The summed E-state index contributed by atoms with van der Waals surface area (Å²) in [6.45, 7) is 2.01. The fourth-order valence-electron chi connectivity index (χ4n) is 4.36. The molecule has 1 saturated heterocycles. The van der Waals surface area contributed by atoms with Crippen molar-refractivity contribution in [2.45, 2.75) is 24.7 Å². The molecule has 1 fully saturated rings. The molecule has 1 aliphatic heterocycles. The average Bonchev–Trinajstić information content (AvgIpc) is 3.47. The molecule has 186 valence electrons. The molecule has 0 aliphatic carbocycles. The van der Waals surface area contributed by atoms with Gasteiger partial charge in [-0.15, -0.1) is 0 Å². The topological polar surface area (TPSA) is 133 Å². The maximum atomic E-state index is 12.9. The van der Waals surface area contributed by atoms with Crippen LogP contribution in [0.1, 0.15) is 35.3 Å². The SMILES string of the molecule is COC(=O)CCN1CCC(C#N)(c2ccc(NC(=O)c3cccc(-c4ccn[nH]4)n3)c(OC)c2)CC1. The molecule has 0 radical (unpaired) electrons. The lowest BCUT2D eigenvalue weighted by Crippen LogP contribution is -2.42. The molecular formula is C26H28N6O4. The molecule has 10 nitrogen and oxygen atoms in total. The van der Waals surface area contributed by atoms with E-state index >= 15 is 0 Å². The van der Waals surface area contributed by atoms with Gasteiger partial charge in [-0.2, -0.15) is 10.4 Å². The summed E-state index contributed by atoms with van der Waals surface area (Å²) < 4.78 is 10.3. The number of hydrogen-bond donors (Lipinski definition) is 2. The molecule has 0 saturated carbocycles. The van der Waals surface area contributed by atoms with Crippen LogP contribution in [0.3, 0.4) is 0 Å². The zero-order valence-electron chi connectivity index (χ0n) is 20.3. The van der Waals surface area contributed by atoms with Gasteiger partial charge in [0.25, 0.3) is 5.91 Å². The number of pyridine rings is 1. The van der Waals surface area contributed by atoms with Gasteiger partial charge < -0.3 is 19.7 Å². The number of aromatic amines is 1. The zero-order valence-corrected chi connectivity index (χ0v) is 20.3. The van der Waals surface area contributed by atoms with Gasteiger partial charge in [0.15, 0.2) is 0 Å². The first-order valence-electron chi connectivity index (χ1n) is 11.6. The number of nitrogens with one attached hydrogen (secondary N) is 2. The van der Waals surface area contributed by atoms with E-state index in [4.69, 9.17) is 9.47 Å². The van der Waals surface area contributed by atoms with Crippen molar-refractivity contribution >= 4 is 17.6 Å². The van der Waals surface area contributed by atoms with Crippen molar-refractivity contribution in [2.75, 3.05) is 39.2 Å². The Balaban J connectivity index is 1.47. The summed E-state index contributed by atoms with van der Waals surface area (Å²) in [5, 5.41) is 19.7. The number of nitriles is 1. The van der Waals surface area contributed by atoms with Crippen LogP contribution in [-0.4, -0.2) is 65.8 Å². The van der Waals surface area contributed by atoms with E-state index < -0.39 is 5.41 Å². The quantitative estimate of drug-likeness (QED) is 0.462. The van der Waals surface area contributed by atoms with Crippen molar-refractivity contribution in [1.29, 1.82) is 5.26 Å². The minimum Gasteiger partial charge on any atom is -0.495 e. The smallest absolute Gasteiger partial charge is 0.306 e. The number of carbonyl (C=O) groups excluding carboxylic acids is 2. The molecular weight excluding hydrogens is 460 g/mol. The maximum absolute atomic E-state index is 12.9. The molecule has 36 heavy (non-hydrogen) atoms. The number of H-pyrrole nitrogens is 1. The molecule has 4 rings (SSSR count). The standard InChI is InChI=1S/C26H28N6O4/c1-35-23-16-18(26(17-27)10-14-32(15-11-26)13-9-24(33)36-2)6-7-21(23)30-25(34)22-5-3-4-19(29-22)20-8-12-28-31-20/h3-8,12,16H,9-11,13-15H2,1-2H3,(H,28,31)(H,30,34). The average molecular weight is 489 g/mol. The molecule has 2 aromatic heterocycles. The van der Waals surface area contributed by atoms with Crippen LogP contribution in [-0.2, 0) is 14.9 Å². The van der Waals surface area contributed by atoms with E-state index in [0.29, 0.717) is 61.7 Å². The Hall–Kier alpha value is -4.23. The number of carbonyl (C=O) groups is 2. The molecule has 0 spiro atoms. The predicted molar refractivity (Wildman–Crippen MR) is 132 cm³/mol. The second-order valence-corrected chi connectivity index (χ2v) is 8.61. The van der Waals surface area contributed by atoms with E-state index in [1.54, 1.807) is 36.5 Å². The van der Waals surface area contributed by atoms with E-state index in [2.05, 4.69) is 31.5 Å². The number of rotatable bonds is 8. The summed E-state index contributed by atoms with van der Waals surface area (Å²) in [5.41, 5.74) is 2.23. The van der Waals surface area contributed by atoms with Gasteiger partial charge in [0, 0.05) is 12.7 Å². The first-order chi connectivity index (χ1) is 17.5. The van der Waals surface area contributed by atoms with Gasteiger partial charge in [-0.05, 0) is 61.8 Å². The number of methoxy groups -OCH3 is 2. The van der Waals surface area contributed by atoms with E-state index in [1.807, 2.05) is 12.1 Å². The lowest BCUT2D eigenvalue weighted by Gasteiger charge is -2.37. The van der Waals surface area contributed by atoms with Gasteiger partial charge in [-0.1, -0.05) is 12.1 Å². The molecule has 10 heteroatoms. The van der Waals surface area contributed by atoms with Crippen LogP contribution in [0.5, 0.6) is 5.75 Å². The van der Waals surface area contributed by atoms with E-state index in [-0.39, 0.29) is 17.6 Å². The van der Waals surface area contributed by atoms with Crippen LogP contribution >= 0.6 is 0 Å². The summed E-state index contributed by atoms with van der Waals surface area (Å²) in [4.78, 5) is 31.0. The van der Waals surface area contributed by atoms with Gasteiger partial charge in [0.2, 0.25) is 0 Å². The van der Waals surface area contributed by atoms with Gasteiger partial charge in [-0.3, -0.25) is 14.7 Å². The van der Waals surface area contributed by atoms with Crippen molar-refractivity contribution in [3.63, 3.8) is 0 Å². The maximum Gasteiger partial charge on any atom is 0.306 e. The number of nitrogens with zero attached hydrogens (tertiary/aromatic N) is 4. The number of benzene rings is 1. The van der Waals surface area contributed by atoms with Crippen LogP contribution < -0.4 is 10.1 Å². The lowest BCUT2D eigenvalue weighted by atomic mass is 9.74. The van der Waals surface area contributed by atoms with E-state index in [1.165, 1.54) is 14.2 Å². The van der Waals surface area contributed by atoms with E-state index in [9.17, 15) is 14.9 Å². The highest BCUT2D eigenvalue weighted by Crippen LogP contribution is 2.38. The number of likely N-dealkylation sites (tertiary alicyclic amines) is 1. The fourth-order valence-corrected chi connectivity index (χ4v) is 4.36. The number of anilines is 1. The third-order valence-electron chi connectivity index (χ3n) is 6.54. The molecule has 0 atom stereocenters. The highest BCUT2D eigenvalue weighted by atomic mass is 16.5. The predicted octanol–water partition coefficient (Wildman–Crippen LogP) is 3.15. The van der Waals surface area contributed by atoms with Gasteiger partial charge >= 0.3 is 5.97 Å². The summed E-state index contributed by atoms with van der Waals surface area (Å²) in [6, 6.07) is 14.9. The minimum absolute atomic E-state index is 0.238. The van der Waals surface area contributed by atoms with Gasteiger partial charge in [0.05, 0.1) is 49.2 Å². The second-order valence-electron chi connectivity index (χ2n) is 8.61. The number of aromatic nitrogens is 3. The van der Waals surface area contributed by atoms with Crippen molar-refractivity contribution in [2.24, 2.45) is 0 Å². The Bertz CT molecular complexity index is 1260. The Morgan fingerprint density at radius 2 is 2.00 bits per heavy atom. The number of esters is 1. The molecule has 3 heterocycles.